The molecule has 0 bridgehead atoms. The Morgan fingerprint density at radius 1 is 1.04 bits per heavy atom. The molecule has 5 heteroatoms. The Kier molecular flexibility index (Phi) is 13.0. The second-order valence-corrected chi connectivity index (χ2v) is 7.25. The van der Waals surface area contributed by atoms with Gasteiger partial charge in [0.1, 0.15) is 6.04 Å². The Hall–Kier alpha value is -1.49. The Morgan fingerprint density at radius 3 is 2.17 bits per heavy atom. The largest absolute Gasteiger partial charge is 0.480 e. The van der Waals surface area contributed by atoms with Crippen LogP contribution in [0, 0.1) is 0 Å². The van der Waals surface area contributed by atoms with Crippen LogP contribution in [0.4, 0.5) is 0 Å². The lowest BCUT2D eigenvalue weighted by Gasteiger charge is -2.09. The number of carbonyl (C=O) groups is 2. The Labute approximate surface area is 150 Å². The fourth-order valence-corrected chi connectivity index (χ4v) is 3.01. The number of carbonyl (C=O) groups excluding carboxylic acids is 1. The van der Waals surface area contributed by atoms with E-state index >= 15 is 0 Å². The molecule has 0 aliphatic rings. The number of hydrogen-bond acceptors (Lipinski definition) is 3. The first-order chi connectivity index (χ1) is 11.4. The van der Waals surface area contributed by atoms with Gasteiger partial charge in [-0.3, -0.25) is 4.79 Å². The molecule has 0 aromatic carbocycles. The highest BCUT2D eigenvalue weighted by Gasteiger charge is 2.15. The molecule has 0 fully saturated rings. The van der Waals surface area contributed by atoms with Crippen LogP contribution in [-0.4, -0.2) is 35.0 Å². The van der Waals surface area contributed by atoms with Gasteiger partial charge >= 0.3 is 5.97 Å². The van der Waals surface area contributed by atoms with Gasteiger partial charge in [-0.1, -0.05) is 34.9 Å². The summed E-state index contributed by atoms with van der Waals surface area (Å²) in [7, 11) is 0. The molecule has 0 aromatic rings. The molecule has 0 rings (SSSR count). The van der Waals surface area contributed by atoms with E-state index in [1.165, 1.54) is 28.5 Å². The van der Waals surface area contributed by atoms with Gasteiger partial charge < -0.3 is 10.4 Å². The van der Waals surface area contributed by atoms with Crippen molar-refractivity contribution in [2.24, 2.45) is 0 Å². The molecule has 0 saturated heterocycles. The predicted molar refractivity (Wildman–Crippen MR) is 103 cm³/mol. The van der Waals surface area contributed by atoms with Crippen LogP contribution in [0.5, 0.6) is 0 Å². The van der Waals surface area contributed by atoms with Gasteiger partial charge in [-0.05, 0) is 53.4 Å². The van der Waals surface area contributed by atoms with Crippen LogP contribution in [0.1, 0.15) is 53.4 Å². The van der Waals surface area contributed by atoms with Crippen molar-refractivity contribution in [3.8, 4) is 0 Å². The molecule has 0 aliphatic carbocycles. The summed E-state index contributed by atoms with van der Waals surface area (Å²) < 4.78 is 0. The molecule has 2 N–H and O–H groups in total. The van der Waals surface area contributed by atoms with Crippen molar-refractivity contribution < 1.29 is 14.7 Å². The fraction of sp³-hybridized carbons (Fsp3) is 0.579. The number of rotatable bonds is 13. The number of thioether (sulfide) groups is 1. The molecule has 0 saturated carbocycles. The molecule has 24 heavy (non-hydrogen) atoms. The third-order valence-corrected chi connectivity index (χ3v) is 4.50. The minimum Gasteiger partial charge on any atom is -0.480 e. The van der Waals surface area contributed by atoms with Crippen LogP contribution in [0.3, 0.4) is 0 Å². The number of aliphatic carboxylic acids is 1. The van der Waals surface area contributed by atoms with E-state index in [4.69, 9.17) is 5.11 Å². The Balaban J connectivity index is 4.00. The molecule has 1 atom stereocenters. The lowest BCUT2D eigenvalue weighted by atomic mass is 10.1. The van der Waals surface area contributed by atoms with E-state index in [0.717, 1.165) is 31.4 Å². The average Bonchev–Trinajstić information content (AvgIpc) is 2.49. The van der Waals surface area contributed by atoms with Gasteiger partial charge in [0.15, 0.2) is 0 Å². The van der Waals surface area contributed by atoms with E-state index in [9.17, 15) is 9.59 Å². The molecule has 0 spiro atoms. The van der Waals surface area contributed by atoms with Crippen LogP contribution in [0.25, 0.3) is 0 Å². The summed E-state index contributed by atoms with van der Waals surface area (Å²) in [5, 5.41) is 11.2. The molecule has 1 amide bonds. The van der Waals surface area contributed by atoms with Crippen molar-refractivity contribution >= 4 is 24.1 Å². The van der Waals surface area contributed by atoms with Crippen molar-refractivity contribution in [1.82, 2.24) is 5.32 Å². The quantitative estimate of drug-likeness (QED) is 0.294. The molecule has 1 unspecified atom stereocenters. The second kappa shape index (κ2) is 13.9. The zero-order chi connectivity index (χ0) is 18.4. The minimum atomic E-state index is -0.996. The maximum atomic E-state index is 10.9. The summed E-state index contributed by atoms with van der Waals surface area (Å²) in [5.41, 5.74) is 4.11. The maximum Gasteiger partial charge on any atom is 0.327 e. The molecule has 136 valence electrons. The monoisotopic (exact) mass is 353 g/mol. The van der Waals surface area contributed by atoms with Crippen molar-refractivity contribution in [3.63, 3.8) is 0 Å². The zero-order valence-electron chi connectivity index (χ0n) is 15.3. The number of amides is 1. The number of carboxylic acid groups (broad SMARTS) is 1. The molecule has 0 heterocycles. The van der Waals surface area contributed by atoms with Crippen LogP contribution in [-0.2, 0) is 9.59 Å². The number of nitrogens with one attached hydrogen (secondary N) is 1. The molecule has 4 nitrogen and oxygen atoms in total. The maximum absolute atomic E-state index is 10.9. The fourth-order valence-electron chi connectivity index (χ4n) is 2.00. The van der Waals surface area contributed by atoms with Crippen molar-refractivity contribution in [2.75, 3.05) is 11.5 Å². The van der Waals surface area contributed by atoms with E-state index in [1.807, 2.05) is 0 Å². The summed E-state index contributed by atoms with van der Waals surface area (Å²) in [4.78, 5) is 21.2. The normalized spacial score (nSPS) is 13.3. The van der Waals surface area contributed by atoms with Gasteiger partial charge in [0.05, 0.1) is 0 Å². The number of allylic oxidation sites excluding steroid dienone is 5. The number of carboxylic acids is 1. The van der Waals surface area contributed by atoms with Gasteiger partial charge in [-0.25, -0.2) is 4.79 Å². The van der Waals surface area contributed by atoms with Gasteiger partial charge in [-0.15, -0.1) is 0 Å². The molecule has 0 aromatic heterocycles. The summed E-state index contributed by atoms with van der Waals surface area (Å²) >= 11 is 1.51. The van der Waals surface area contributed by atoms with Crippen molar-refractivity contribution in [2.45, 2.75) is 59.4 Å². The summed E-state index contributed by atoms with van der Waals surface area (Å²) in [5.74, 6) is 0.143. The van der Waals surface area contributed by atoms with Crippen molar-refractivity contribution in [3.05, 3.63) is 34.9 Å². The third-order valence-electron chi connectivity index (χ3n) is 3.52. The standard InChI is InChI=1S/C19H31NO3S/c1-15(2)7-5-8-16(3)9-6-10-17(4)11-12-24-13-18(19(22)23)20-14-21/h7,9,11,14,18H,5-6,8,10,12-13H2,1-4H3,(H,20,21)(H,22,23)/b16-9+,17-11+. The van der Waals surface area contributed by atoms with Crippen LogP contribution in [0.2, 0.25) is 0 Å². The van der Waals surface area contributed by atoms with E-state index in [0.29, 0.717) is 12.2 Å². The summed E-state index contributed by atoms with van der Waals surface area (Å²) in [6.07, 6.45) is 11.4. The van der Waals surface area contributed by atoms with Gasteiger partial charge in [0, 0.05) is 11.5 Å². The first-order valence-electron chi connectivity index (χ1n) is 8.31. The number of hydrogen-bond donors (Lipinski definition) is 2. The molecule has 0 aliphatic heterocycles. The topological polar surface area (TPSA) is 66.4 Å². The SMILES string of the molecule is CC(C)=CCC/C(C)=C/CC/C(C)=C/CSCC(NC=O)C(=O)O. The molecule has 0 radical (unpaired) electrons. The Bertz CT molecular complexity index is 477. The van der Waals surface area contributed by atoms with Gasteiger partial charge in [0.2, 0.25) is 6.41 Å². The first kappa shape index (κ1) is 22.5. The van der Waals surface area contributed by atoms with E-state index in [-0.39, 0.29) is 0 Å². The molecular weight excluding hydrogens is 322 g/mol. The predicted octanol–water partition coefficient (Wildman–Crippen LogP) is 4.34. The molecular formula is C19H31NO3S. The highest BCUT2D eigenvalue weighted by molar-refractivity contribution is 7.99. The van der Waals surface area contributed by atoms with Gasteiger partial charge in [-0.2, -0.15) is 11.8 Å². The van der Waals surface area contributed by atoms with Gasteiger partial charge in [0.25, 0.3) is 0 Å². The minimum absolute atomic E-state index is 0.376. The highest BCUT2D eigenvalue weighted by atomic mass is 32.2. The highest BCUT2D eigenvalue weighted by Crippen LogP contribution is 2.12. The third kappa shape index (κ3) is 13.0. The van der Waals surface area contributed by atoms with Crippen LogP contribution in [0.15, 0.2) is 34.9 Å². The summed E-state index contributed by atoms with van der Waals surface area (Å²) in [6.45, 7) is 8.53. The van der Waals surface area contributed by atoms with E-state index < -0.39 is 12.0 Å². The van der Waals surface area contributed by atoms with Crippen LogP contribution >= 0.6 is 11.8 Å². The lowest BCUT2D eigenvalue weighted by molar-refractivity contribution is -0.139. The van der Waals surface area contributed by atoms with Crippen LogP contribution < -0.4 is 5.32 Å². The van der Waals surface area contributed by atoms with E-state index in [1.54, 1.807) is 0 Å². The first-order valence-corrected chi connectivity index (χ1v) is 9.47. The summed E-state index contributed by atoms with van der Waals surface area (Å²) in [6, 6.07) is -0.812. The lowest BCUT2D eigenvalue weighted by Crippen LogP contribution is -2.37. The van der Waals surface area contributed by atoms with E-state index in [2.05, 4.69) is 51.2 Å². The van der Waals surface area contributed by atoms with Crippen molar-refractivity contribution in [1.29, 1.82) is 0 Å². The second-order valence-electron chi connectivity index (χ2n) is 6.17. The average molecular weight is 354 g/mol. The smallest absolute Gasteiger partial charge is 0.327 e. The zero-order valence-corrected chi connectivity index (χ0v) is 16.1. The Morgan fingerprint density at radius 2 is 1.62 bits per heavy atom.